The zero-order chi connectivity index (χ0) is 20.2. The lowest BCUT2D eigenvalue weighted by Gasteiger charge is -2.26. The summed E-state index contributed by atoms with van der Waals surface area (Å²) in [6.07, 6.45) is 0.767. The Kier molecular flexibility index (Phi) is 7.20. The maximum absolute atomic E-state index is 12.6. The Morgan fingerprint density at radius 2 is 1.89 bits per heavy atom. The Hall–Kier alpha value is -1.69. The largest absolute Gasteiger partial charge is 0.338 e. The first kappa shape index (κ1) is 21.6. The van der Waals surface area contributed by atoms with Crippen LogP contribution in [0.3, 0.4) is 0 Å². The summed E-state index contributed by atoms with van der Waals surface area (Å²) >= 11 is 1.70. The van der Waals surface area contributed by atoms with Crippen LogP contribution in [0.1, 0.15) is 57.5 Å². The number of thioether (sulfide) groups is 1. The van der Waals surface area contributed by atoms with Crippen molar-refractivity contribution in [1.82, 2.24) is 15.1 Å². The average Bonchev–Trinajstić information content (AvgIpc) is 2.89. The molecule has 0 aliphatic carbocycles. The van der Waals surface area contributed by atoms with E-state index < -0.39 is 0 Å². The van der Waals surface area contributed by atoms with Crippen molar-refractivity contribution >= 4 is 23.7 Å². The van der Waals surface area contributed by atoms with Gasteiger partial charge in [0.2, 0.25) is 5.91 Å². The van der Waals surface area contributed by atoms with Gasteiger partial charge in [-0.3, -0.25) is 4.79 Å². The molecule has 1 heterocycles. The van der Waals surface area contributed by atoms with Crippen LogP contribution in [0, 0.1) is 0 Å². The molecule has 2 rings (SSSR count). The van der Waals surface area contributed by atoms with Gasteiger partial charge in [-0.05, 0) is 36.8 Å². The summed E-state index contributed by atoms with van der Waals surface area (Å²) < 4.78 is 0. The number of hydrogen-bond acceptors (Lipinski definition) is 3. The SMILES string of the molecule is CCNC(=O)N(C)CCCN1C(=O)[C@H](C)S[C@@H]1c1ccc(C(C)(C)C)cc1. The van der Waals surface area contributed by atoms with Crippen LogP contribution in [0.5, 0.6) is 0 Å². The molecule has 150 valence electrons. The normalized spacial score (nSPS) is 20.1. The number of nitrogens with zero attached hydrogens (tertiary/aromatic N) is 2. The molecule has 6 heteroatoms. The van der Waals surface area contributed by atoms with Crippen LogP contribution >= 0.6 is 11.8 Å². The van der Waals surface area contributed by atoms with Gasteiger partial charge < -0.3 is 15.1 Å². The molecule has 0 aromatic heterocycles. The smallest absolute Gasteiger partial charge is 0.317 e. The van der Waals surface area contributed by atoms with Gasteiger partial charge in [0.25, 0.3) is 0 Å². The number of rotatable bonds is 6. The van der Waals surface area contributed by atoms with Gasteiger partial charge in [0.05, 0.1) is 5.25 Å². The highest BCUT2D eigenvalue weighted by Gasteiger charge is 2.38. The van der Waals surface area contributed by atoms with Crippen LogP contribution in [0.25, 0.3) is 0 Å². The quantitative estimate of drug-likeness (QED) is 0.797. The zero-order valence-electron chi connectivity index (χ0n) is 17.4. The van der Waals surface area contributed by atoms with E-state index in [1.807, 2.05) is 18.7 Å². The molecule has 1 aromatic rings. The number of benzene rings is 1. The third kappa shape index (κ3) is 5.41. The minimum absolute atomic E-state index is 0.0292. The molecule has 0 saturated carbocycles. The van der Waals surface area contributed by atoms with Crippen LogP contribution in [0.4, 0.5) is 4.79 Å². The standard InChI is InChI=1S/C21H33N3O2S/c1-7-22-20(26)23(6)13-8-14-24-18(25)15(2)27-19(24)16-9-11-17(12-10-16)21(3,4)5/h9-12,15,19H,7-8,13-14H2,1-6H3,(H,22,26)/t15-,19+/m0/s1. The molecule has 0 bridgehead atoms. The second kappa shape index (κ2) is 9.00. The Balaban J connectivity index is 2.03. The molecule has 0 radical (unpaired) electrons. The van der Waals surface area contributed by atoms with Gasteiger partial charge in [-0.1, -0.05) is 45.0 Å². The molecule has 1 N–H and O–H groups in total. The highest BCUT2D eigenvalue weighted by Crippen LogP contribution is 2.43. The molecule has 5 nitrogen and oxygen atoms in total. The summed E-state index contributed by atoms with van der Waals surface area (Å²) in [5.41, 5.74) is 2.58. The van der Waals surface area contributed by atoms with Gasteiger partial charge in [0.15, 0.2) is 0 Å². The topological polar surface area (TPSA) is 52.7 Å². The number of hydrogen-bond donors (Lipinski definition) is 1. The van der Waals surface area contributed by atoms with Crippen molar-refractivity contribution in [1.29, 1.82) is 0 Å². The number of carbonyl (C=O) groups is 2. The van der Waals surface area contributed by atoms with Gasteiger partial charge in [-0.25, -0.2) is 4.79 Å². The van der Waals surface area contributed by atoms with E-state index in [1.54, 1.807) is 23.7 Å². The zero-order valence-corrected chi connectivity index (χ0v) is 18.2. The van der Waals surface area contributed by atoms with Crippen molar-refractivity contribution in [3.8, 4) is 0 Å². The number of carbonyl (C=O) groups excluding carboxylic acids is 2. The summed E-state index contributed by atoms with van der Waals surface area (Å²) in [5.74, 6) is 0.186. The van der Waals surface area contributed by atoms with Crippen molar-refractivity contribution in [2.75, 3.05) is 26.7 Å². The van der Waals surface area contributed by atoms with Gasteiger partial charge in [0.1, 0.15) is 5.37 Å². The lowest BCUT2D eigenvalue weighted by Crippen LogP contribution is -2.39. The van der Waals surface area contributed by atoms with Crippen molar-refractivity contribution in [3.63, 3.8) is 0 Å². The minimum Gasteiger partial charge on any atom is -0.338 e. The Labute approximate surface area is 167 Å². The first-order valence-corrected chi connectivity index (χ1v) is 10.6. The van der Waals surface area contributed by atoms with E-state index >= 15 is 0 Å². The monoisotopic (exact) mass is 391 g/mol. The van der Waals surface area contributed by atoms with E-state index in [4.69, 9.17) is 0 Å². The molecule has 27 heavy (non-hydrogen) atoms. The fraction of sp³-hybridized carbons (Fsp3) is 0.619. The third-order valence-electron chi connectivity index (χ3n) is 4.88. The number of urea groups is 1. The second-order valence-corrected chi connectivity index (χ2v) is 9.57. The molecule has 0 spiro atoms. The van der Waals surface area contributed by atoms with Crippen LogP contribution in [0.15, 0.2) is 24.3 Å². The number of nitrogens with one attached hydrogen (secondary N) is 1. The van der Waals surface area contributed by atoms with Gasteiger partial charge in [-0.2, -0.15) is 0 Å². The fourth-order valence-electron chi connectivity index (χ4n) is 3.17. The molecule has 1 fully saturated rings. The number of amides is 3. The molecular formula is C21H33N3O2S. The van der Waals surface area contributed by atoms with Gasteiger partial charge in [0, 0.05) is 26.7 Å². The summed E-state index contributed by atoms with van der Waals surface area (Å²) in [5, 5.41) is 2.82. The molecule has 3 amide bonds. The van der Waals surface area contributed by atoms with Crippen molar-refractivity contribution in [2.45, 2.75) is 57.1 Å². The van der Waals surface area contributed by atoms with Crippen LogP contribution in [-0.4, -0.2) is 53.7 Å². The molecule has 1 aromatic carbocycles. The summed E-state index contributed by atoms with van der Waals surface area (Å²) in [6.45, 7) is 12.4. The Bertz CT molecular complexity index is 654. The maximum Gasteiger partial charge on any atom is 0.317 e. The van der Waals surface area contributed by atoms with Crippen molar-refractivity contribution in [2.24, 2.45) is 0 Å². The summed E-state index contributed by atoms with van der Waals surface area (Å²) in [6, 6.07) is 8.58. The predicted molar refractivity (Wildman–Crippen MR) is 113 cm³/mol. The van der Waals surface area contributed by atoms with E-state index in [0.717, 1.165) is 6.42 Å². The summed E-state index contributed by atoms with van der Waals surface area (Å²) in [4.78, 5) is 28.1. The molecule has 2 atom stereocenters. The highest BCUT2D eigenvalue weighted by atomic mass is 32.2. The fourth-order valence-corrected chi connectivity index (χ4v) is 4.48. The van der Waals surface area contributed by atoms with E-state index in [-0.39, 0.29) is 28.0 Å². The molecule has 1 saturated heterocycles. The molecule has 0 unspecified atom stereocenters. The van der Waals surface area contributed by atoms with E-state index in [0.29, 0.717) is 19.6 Å². The van der Waals surface area contributed by atoms with Gasteiger partial charge in [-0.15, -0.1) is 11.8 Å². The Morgan fingerprint density at radius 3 is 2.44 bits per heavy atom. The van der Waals surface area contributed by atoms with E-state index in [9.17, 15) is 9.59 Å². The van der Waals surface area contributed by atoms with Crippen molar-refractivity contribution in [3.05, 3.63) is 35.4 Å². The Morgan fingerprint density at radius 1 is 1.26 bits per heavy atom. The average molecular weight is 392 g/mol. The molecular weight excluding hydrogens is 358 g/mol. The molecule has 1 aliphatic heterocycles. The van der Waals surface area contributed by atoms with Gasteiger partial charge >= 0.3 is 6.03 Å². The first-order valence-electron chi connectivity index (χ1n) is 9.70. The summed E-state index contributed by atoms with van der Waals surface area (Å²) in [7, 11) is 1.79. The van der Waals surface area contributed by atoms with E-state index in [2.05, 4.69) is 50.4 Å². The first-order chi connectivity index (χ1) is 12.6. The molecule has 1 aliphatic rings. The lowest BCUT2D eigenvalue weighted by atomic mass is 9.86. The lowest BCUT2D eigenvalue weighted by molar-refractivity contribution is -0.129. The van der Waals surface area contributed by atoms with Crippen LogP contribution in [0.2, 0.25) is 0 Å². The minimum atomic E-state index is -0.0673. The van der Waals surface area contributed by atoms with Crippen molar-refractivity contribution < 1.29 is 9.59 Å². The maximum atomic E-state index is 12.6. The third-order valence-corrected chi connectivity index (χ3v) is 6.27. The second-order valence-electron chi connectivity index (χ2n) is 8.14. The predicted octanol–water partition coefficient (Wildman–Crippen LogP) is 4.00. The van der Waals surface area contributed by atoms with Crippen LogP contribution in [-0.2, 0) is 10.2 Å². The van der Waals surface area contributed by atoms with Crippen LogP contribution < -0.4 is 5.32 Å². The highest BCUT2D eigenvalue weighted by molar-refractivity contribution is 8.01. The van der Waals surface area contributed by atoms with E-state index in [1.165, 1.54) is 11.1 Å².